The van der Waals surface area contributed by atoms with Gasteiger partial charge in [0.05, 0.1) is 18.8 Å². The van der Waals surface area contributed by atoms with Gasteiger partial charge < -0.3 is 15.4 Å². The van der Waals surface area contributed by atoms with Crippen molar-refractivity contribution in [3.05, 3.63) is 53.3 Å². The number of halogens is 1. The van der Waals surface area contributed by atoms with Crippen molar-refractivity contribution in [3.8, 4) is 5.75 Å². The highest BCUT2D eigenvalue weighted by Crippen LogP contribution is 2.27. The van der Waals surface area contributed by atoms with E-state index in [4.69, 9.17) is 16.3 Å². The molecular formula is C15H16ClN3O2. The molecule has 0 aliphatic carbocycles. The fraction of sp³-hybridized carbons (Fsp3) is 0.200. The molecule has 5 nitrogen and oxygen atoms in total. The lowest BCUT2D eigenvalue weighted by Gasteiger charge is -2.16. The van der Waals surface area contributed by atoms with Gasteiger partial charge in [-0.3, -0.25) is 4.98 Å². The Kier molecular flexibility index (Phi) is 5.00. The van der Waals surface area contributed by atoms with Crippen LogP contribution in [0.15, 0.2) is 42.7 Å². The molecule has 2 rings (SSSR count). The lowest BCUT2D eigenvalue weighted by atomic mass is 10.1. The fourth-order valence-electron chi connectivity index (χ4n) is 1.85. The molecular weight excluding hydrogens is 290 g/mol. The number of aromatic nitrogens is 1. The van der Waals surface area contributed by atoms with Crippen LogP contribution in [0.1, 0.15) is 18.5 Å². The van der Waals surface area contributed by atoms with E-state index in [-0.39, 0.29) is 12.1 Å². The molecule has 2 amide bonds. The van der Waals surface area contributed by atoms with Crippen molar-refractivity contribution in [1.29, 1.82) is 0 Å². The van der Waals surface area contributed by atoms with Gasteiger partial charge >= 0.3 is 6.03 Å². The average molecular weight is 306 g/mol. The van der Waals surface area contributed by atoms with Gasteiger partial charge in [-0.2, -0.15) is 0 Å². The quantitative estimate of drug-likeness (QED) is 0.906. The minimum Gasteiger partial charge on any atom is -0.495 e. The highest BCUT2D eigenvalue weighted by molar-refractivity contribution is 6.31. The molecule has 1 aromatic heterocycles. The van der Waals surface area contributed by atoms with Gasteiger partial charge in [-0.05, 0) is 36.8 Å². The fourth-order valence-corrected chi connectivity index (χ4v) is 2.02. The average Bonchev–Trinajstić information content (AvgIpc) is 2.48. The summed E-state index contributed by atoms with van der Waals surface area (Å²) in [6, 6.07) is 8.25. The normalized spacial score (nSPS) is 11.6. The largest absolute Gasteiger partial charge is 0.495 e. The van der Waals surface area contributed by atoms with Gasteiger partial charge in [0.15, 0.2) is 0 Å². The number of carbonyl (C=O) groups is 1. The number of pyridine rings is 1. The number of anilines is 1. The zero-order valence-corrected chi connectivity index (χ0v) is 12.5. The van der Waals surface area contributed by atoms with Gasteiger partial charge in [-0.15, -0.1) is 0 Å². The third kappa shape index (κ3) is 4.10. The zero-order chi connectivity index (χ0) is 15.2. The Morgan fingerprint density at radius 3 is 2.86 bits per heavy atom. The number of carbonyl (C=O) groups excluding carboxylic acids is 1. The second-order valence-corrected chi connectivity index (χ2v) is 4.89. The summed E-state index contributed by atoms with van der Waals surface area (Å²) >= 11 is 5.92. The van der Waals surface area contributed by atoms with Crippen LogP contribution in [0.5, 0.6) is 5.75 Å². The van der Waals surface area contributed by atoms with E-state index >= 15 is 0 Å². The maximum absolute atomic E-state index is 12.0. The van der Waals surface area contributed by atoms with Crippen molar-refractivity contribution in [2.24, 2.45) is 0 Å². The number of benzene rings is 1. The lowest BCUT2D eigenvalue weighted by molar-refractivity contribution is 0.249. The van der Waals surface area contributed by atoms with Gasteiger partial charge in [0, 0.05) is 17.4 Å². The summed E-state index contributed by atoms with van der Waals surface area (Å²) in [6.07, 6.45) is 3.40. The number of urea groups is 1. The van der Waals surface area contributed by atoms with Crippen molar-refractivity contribution in [2.75, 3.05) is 12.4 Å². The van der Waals surface area contributed by atoms with E-state index in [0.29, 0.717) is 16.5 Å². The summed E-state index contributed by atoms with van der Waals surface area (Å²) in [5, 5.41) is 6.07. The lowest BCUT2D eigenvalue weighted by Crippen LogP contribution is -2.31. The van der Waals surface area contributed by atoms with Crippen molar-refractivity contribution >= 4 is 23.3 Å². The molecule has 110 valence electrons. The van der Waals surface area contributed by atoms with Gasteiger partial charge in [0.2, 0.25) is 0 Å². The van der Waals surface area contributed by atoms with E-state index < -0.39 is 0 Å². The first-order valence-corrected chi connectivity index (χ1v) is 6.79. The molecule has 0 aliphatic heterocycles. The second kappa shape index (κ2) is 6.95. The third-order valence-electron chi connectivity index (χ3n) is 2.94. The summed E-state index contributed by atoms with van der Waals surface area (Å²) < 4.78 is 5.18. The first-order chi connectivity index (χ1) is 10.1. The highest BCUT2D eigenvalue weighted by Gasteiger charge is 2.12. The van der Waals surface area contributed by atoms with Gasteiger partial charge in [-0.1, -0.05) is 17.7 Å². The molecule has 0 fully saturated rings. The standard InChI is InChI=1S/C15H16ClN3O2/c1-10(11-4-3-7-17-9-11)18-15(20)19-13-8-12(16)5-6-14(13)21-2/h3-10H,1-2H3,(H2,18,19,20)/t10-/m0/s1. The SMILES string of the molecule is COc1ccc(Cl)cc1NC(=O)N[C@@H](C)c1cccnc1. The Morgan fingerprint density at radius 1 is 1.38 bits per heavy atom. The minimum atomic E-state index is -0.341. The van der Waals surface area contributed by atoms with Crippen LogP contribution in [-0.4, -0.2) is 18.1 Å². The number of hydrogen-bond acceptors (Lipinski definition) is 3. The number of methoxy groups -OCH3 is 1. The Morgan fingerprint density at radius 2 is 2.19 bits per heavy atom. The number of nitrogens with zero attached hydrogens (tertiary/aromatic N) is 1. The molecule has 1 aromatic carbocycles. The van der Waals surface area contributed by atoms with Gasteiger partial charge in [0.1, 0.15) is 5.75 Å². The molecule has 2 N–H and O–H groups in total. The molecule has 6 heteroatoms. The molecule has 0 radical (unpaired) electrons. The van der Waals surface area contributed by atoms with Crippen LogP contribution in [0.3, 0.4) is 0 Å². The van der Waals surface area contributed by atoms with E-state index in [0.717, 1.165) is 5.56 Å². The van der Waals surface area contributed by atoms with Crippen LogP contribution >= 0.6 is 11.6 Å². The first-order valence-electron chi connectivity index (χ1n) is 6.41. The summed E-state index contributed by atoms with van der Waals surface area (Å²) in [6.45, 7) is 1.88. The summed E-state index contributed by atoms with van der Waals surface area (Å²) in [4.78, 5) is 16.1. The smallest absolute Gasteiger partial charge is 0.319 e. The van der Waals surface area contributed by atoms with Gasteiger partial charge in [0.25, 0.3) is 0 Å². The molecule has 0 spiro atoms. The van der Waals surface area contributed by atoms with E-state index in [1.807, 2.05) is 19.1 Å². The Balaban J connectivity index is 2.04. The Labute approximate surface area is 128 Å². The van der Waals surface area contributed by atoms with Crippen LogP contribution in [0.4, 0.5) is 10.5 Å². The molecule has 1 heterocycles. The van der Waals surface area contributed by atoms with Crippen molar-refractivity contribution < 1.29 is 9.53 Å². The van der Waals surface area contributed by atoms with Crippen LogP contribution in [0.2, 0.25) is 5.02 Å². The van der Waals surface area contributed by atoms with Crippen LogP contribution in [0, 0.1) is 0 Å². The summed E-state index contributed by atoms with van der Waals surface area (Å²) in [7, 11) is 1.53. The predicted octanol–water partition coefficient (Wildman–Crippen LogP) is 3.63. The first kappa shape index (κ1) is 15.1. The maximum Gasteiger partial charge on any atom is 0.319 e. The van der Waals surface area contributed by atoms with E-state index in [9.17, 15) is 4.79 Å². The number of ether oxygens (including phenoxy) is 1. The Hall–Kier alpha value is -2.27. The number of hydrogen-bond donors (Lipinski definition) is 2. The molecule has 0 saturated carbocycles. The molecule has 1 atom stereocenters. The summed E-state index contributed by atoms with van der Waals surface area (Å²) in [5.41, 5.74) is 1.44. The van der Waals surface area contributed by atoms with Crippen molar-refractivity contribution in [1.82, 2.24) is 10.3 Å². The van der Waals surface area contributed by atoms with Crippen molar-refractivity contribution in [2.45, 2.75) is 13.0 Å². The molecule has 0 saturated heterocycles. The Bertz CT molecular complexity index is 620. The number of nitrogens with one attached hydrogen (secondary N) is 2. The number of amides is 2. The van der Waals surface area contributed by atoms with Crippen molar-refractivity contribution in [3.63, 3.8) is 0 Å². The highest BCUT2D eigenvalue weighted by atomic mass is 35.5. The van der Waals surface area contributed by atoms with Gasteiger partial charge in [-0.25, -0.2) is 4.79 Å². The third-order valence-corrected chi connectivity index (χ3v) is 3.18. The molecule has 0 unspecified atom stereocenters. The predicted molar refractivity (Wildman–Crippen MR) is 82.8 cm³/mol. The minimum absolute atomic E-state index is 0.163. The van der Waals surface area contributed by atoms with E-state index in [1.165, 1.54) is 7.11 Å². The molecule has 21 heavy (non-hydrogen) atoms. The summed E-state index contributed by atoms with van der Waals surface area (Å²) in [5.74, 6) is 0.545. The van der Waals surface area contributed by atoms with E-state index in [2.05, 4.69) is 15.6 Å². The van der Waals surface area contributed by atoms with Crippen LogP contribution < -0.4 is 15.4 Å². The van der Waals surface area contributed by atoms with Crippen LogP contribution in [0.25, 0.3) is 0 Å². The van der Waals surface area contributed by atoms with Crippen LogP contribution in [-0.2, 0) is 0 Å². The molecule has 0 aliphatic rings. The maximum atomic E-state index is 12.0. The number of rotatable bonds is 4. The monoisotopic (exact) mass is 305 g/mol. The second-order valence-electron chi connectivity index (χ2n) is 4.45. The molecule has 0 bridgehead atoms. The van der Waals surface area contributed by atoms with E-state index in [1.54, 1.807) is 30.6 Å². The topological polar surface area (TPSA) is 63.2 Å². The zero-order valence-electron chi connectivity index (χ0n) is 11.8. The molecule has 2 aromatic rings.